The number of aryl methyl sites for hydroxylation is 1. The first-order valence-electron chi connectivity index (χ1n) is 8.73. The maximum atomic E-state index is 13.2. The lowest BCUT2D eigenvalue weighted by atomic mass is 10.1. The van der Waals surface area contributed by atoms with Crippen LogP contribution in [0.3, 0.4) is 0 Å². The lowest BCUT2D eigenvalue weighted by Gasteiger charge is -2.21. The quantitative estimate of drug-likeness (QED) is 0.729. The van der Waals surface area contributed by atoms with Gasteiger partial charge in [-0.2, -0.15) is 10.2 Å². The average molecular weight is 338 g/mol. The van der Waals surface area contributed by atoms with Gasteiger partial charge in [-0.05, 0) is 39.2 Å². The monoisotopic (exact) mass is 338 g/mol. The van der Waals surface area contributed by atoms with Crippen molar-refractivity contribution in [2.45, 2.75) is 59.5 Å². The highest BCUT2D eigenvalue weighted by Crippen LogP contribution is 2.24. The zero-order valence-electron chi connectivity index (χ0n) is 15.9. The molecule has 5 heteroatoms. The highest BCUT2D eigenvalue weighted by atomic mass is 16.1. The molecule has 0 saturated carbocycles. The van der Waals surface area contributed by atoms with E-state index in [1.165, 1.54) is 5.56 Å². The molecule has 2 heterocycles. The summed E-state index contributed by atoms with van der Waals surface area (Å²) in [6.07, 6.45) is 1.78. The van der Waals surface area contributed by atoms with Gasteiger partial charge in [0.1, 0.15) is 5.52 Å². The predicted molar refractivity (Wildman–Crippen MR) is 101 cm³/mol. The second-order valence-electron chi connectivity index (χ2n) is 7.98. The normalized spacial score (nSPS) is 12.3. The summed E-state index contributed by atoms with van der Waals surface area (Å²) in [7, 11) is 0. The molecule has 0 aliphatic rings. The van der Waals surface area contributed by atoms with Crippen molar-refractivity contribution in [3.05, 3.63) is 57.6 Å². The largest absolute Gasteiger partial charge is 0.293 e. The number of hydrogen-bond acceptors (Lipinski definition) is 3. The van der Waals surface area contributed by atoms with E-state index in [4.69, 9.17) is 0 Å². The molecule has 0 unspecified atom stereocenters. The fourth-order valence-corrected chi connectivity index (χ4v) is 3.12. The summed E-state index contributed by atoms with van der Waals surface area (Å²) < 4.78 is 3.40. The Morgan fingerprint density at radius 2 is 1.92 bits per heavy atom. The zero-order chi connectivity index (χ0) is 18.4. The fraction of sp³-hybridized carbons (Fsp3) is 0.450. The molecule has 132 valence electrons. The van der Waals surface area contributed by atoms with Crippen LogP contribution in [0.2, 0.25) is 0 Å². The van der Waals surface area contributed by atoms with Crippen molar-refractivity contribution >= 4 is 10.9 Å². The van der Waals surface area contributed by atoms with Gasteiger partial charge in [0.25, 0.3) is 5.56 Å². The minimum atomic E-state index is -0.266. The van der Waals surface area contributed by atoms with E-state index >= 15 is 0 Å². The smallest absolute Gasteiger partial charge is 0.265 e. The number of nitrogens with zero attached hydrogens (tertiary/aromatic N) is 4. The van der Waals surface area contributed by atoms with Crippen molar-refractivity contribution in [1.29, 1.82) is 0 Å². The van der Waals surface area contributed by atoms with Crippen molar-refractivity contribution in [3.63, 3.8) is 0 Å². The van der Waals surface area contributed by atoms with Crippen LogP contribution in [-0.4, -0.2) is 19.6 Å². The third-order valence-electron chi connectivity index (χ3n) is 4.31. The van der Waals surface area contributed by atoms with Crippen molar-refractivity contribution in [1.82, 2.24) is 19.6 Å². The molecule has 0 N–H and O–H groups in total. The minimum absolute atomic E-state index is 0.0895. The number of benzene rings is 1. The van der Waals surface area contributed by atoms with E-state index in [1.807, 2.05) is 16.8 Å². The van der Waals surface area contributed by atoms with Crippen LogP contribution in [0.1, 0.15) is 57.4 Å². The Labute approximate surface area is 148 Å². The van der Waals surface area contributed by atoms with Crippen molar-refractivity contribution in [2.75, 3.05) is 0 Å². The standard InChI is InChI=1S/C20H26N4O/c1-13(2)17-16-11-21-24(20(4,5)6)18(16)19(25)23(22-17)12-15-9-7-8-14(3)10-15/h7-11,13H,12H2,1-6H3. The average Bonchev–Trinajstić information content (AvgIpc) is 2.95. The molecule has 2 aromatic heterocycles. The Hall–Kier alpha value is -2.43. The van der Waals surface area contributed by atoms with E-state index in [1.54, 1.807) is 10.9 Å². The Morgan fingerprint density at radius 3 is 2.52 bits per heavy atom. The molecule has 0 bridgehead atoms. The van der Waals surface area contributed by atoms with E-state index in [0.717, 1.165) is 16.6 Å². The topological polar surface area (TPSA) is 52.7 Å². The molecule has 3 rings (SSSR count). The van der Waals surface area contributed by atoms with E-state index < -0.39 is 0 Å². The molecule has 0 fully saturated rings. The molecule has 0 spiro atoms. The minimum Gasteiger partial charge on any atom is -0.265 e. The number of hydrogen-bond donors (Lipinski definition) is 0. The second-order valence-corrected chi connectivity index (χ2v) is 7.98. The second kappa shape index (κ2) is 6.14. The van der Waals surface area contributed by atoms with Crippen LogP contribution < -0.4 is 5.56 Å². The van der Waals surface area contributed by atoms with Crippen LogP contribution in [0.4, 0.5) is 0 Å². The summed E-state index contributed by atoms with van der Waals surface area (Å²) in [4.78, 5) is 13.2. The molecule has 0 saturated heterocycles. The Kier molecular flexibility index (Phi) is 4.27. The van der Waals surface area contributed by atoms with Gasteiger partial charge in [0.2, 0.25) is 0 Å². The Balaban J connectivity index is 2.25. The summed E-state index contributed by atoms with van der Waals surface area (Å²) in [6, 6.07) is 8.18. The van der Waals surface area contributed by atoms with Crippen LogP contribution in [0, 0.1) is 6.92 Å². The molecule has 1 aromatic carbocycles. The maximum Gasteiger partial charge on any atom is 0.293 e. The number of fused-ring (bicyclic) bond motifs is 1. The van der Waals surface area contributed by atoms with E-state index in [-0.39, 0.29) is 17.0 Å². The van der Waals surface area contributed by atoms with Crippen LogP contribution in [0.25, 0.3) is 10.9 Å². The molecule has 25 heavy (non-hydrogen) atoms. The summed E-state index contributed by atoms with van der Waals surface area (Å²) in [5.74, 6) is 0.212. The maximum absolute atomic E-state index is 13.2. The summed E-state index contributed by atoms with van der Waals surface area (Å²) in [5, 5.41) is 10.0. The molecule has 3 aromatic rings. The van der Waals surface area contributed by atoms with Gasteiger partial charge < -0.3 is 0 Å². The number of aromatic nitrogens is 4. The predicted octanol–water partition coefficient (Wildman–Crippen LogP) is 3.83. The summed E-state index contributed by atoms with van der Waals surface area (Å²) >= 11 is 0. The van der Waals surface area contributed by atoms with Gasteiger partial charge in [-0.15, -0.1) is 0 Å². The summed E-state index contributed by atoms with van der Waals surface area (Å²) in [6.45, 7) is 12.9. The van der Waals surface area contributed by atoms with Gasteiger partial charge in [0.15, 0.2) is 0 Å². The van der Waals surface area contributed by atoms with Crippen LogP contribution in [0.15, 0.2) is 35.3 Å². The van der Waals surface area contributed by atoms with E-state index in [0.29, 0.717) is 12.1 Å². The first kappa shape index (κ1) is 17.4. The van der Waals surface area contributed by atoms with Gasteiger partial charge in [-0.1, -0.05) is 43.7 Å². The molecular weight excluding hydrogens is 312 g/mol. The van der Waals surface area contributed by atoms with Gasteiger partial charge >= 0.3 is 0 Å². The van der Waals surface area contributed by atoms with Gasteiger partial charge in [-0.3, -0.25) is 9.48 Å². The van der Waals surface area contributed by atoms with Gasteiger partial charge in [0, 0.05) is 5.39 Å². The molecular formula is C20H26N4O. The van der Waals surface area contributed by atoms with Crippen molar-refractivity contribution in [3.8, 4) is 0 Å². The van der Waals surface area contributed by atoms with Gasteiger partial charge in [-0.25, -0.2) is 4.68 Å². The third kappa shape index (κ3) is 3.23. The van der Waals surface area contributed by atoms with Crippen molar-refractivity contribution < 1.29 is 0 Å². The Bertz CT molecular complexity index is 974. The zero-order valence-corrected chi connectivity index (χ0v) is 15.9. The van der Waals surface area contributed by atoms with Crippen LogP contribution in [0.5, 0.6) is 0 Å². The molecule has 0 atom stereocenters. The molecule has 5 nitrogen and oxygen atoms in total. The molecule has 0 aliphatic carbocycles. The fourth-order valence-electron chi connectivity index (χ4n) is 3.12. The Morgan fingerprint density at radius 1 is 1.20 bits per heavy atom. The first-order valence-corrected chi connectivity index (χ1v) is 8.73. The van der Waals surface area contributed by atoms with E-state index in [2.05, 4.69) is 63.9 Å². The van der Waals surface area contributed by atoms with Crippen LogP contribution in [-0.2, 0) is 12.1 Å². The highest BCUT2D eigenvalue weighted by Gasteiger charge is 2.23. The first-order chi connectivity index (χ1) is 11.7. The van der Waals surface area contributed by atoms with Gasteiger partial charge in [0.05, 0.1) is 24.0 Å². The SMILES string of the molecule is Cc1cccc(Cn2nc(C(C)C)c3cnn(C(C)(C)C)c3c2=O)c1. The highest BCUT2D eigenvalue weighted by molar-refractivity contribution is 5.80. The lowest BCUT2D eigenvalue weighted by molar-refractivity contribution is 0.366. The van der Waals surface area contributed by atoms with Crippen molar-refractivity contribution in [2.24, 2.45) is 0 Å². The third-order valence-corrected chi connectivity index (χ3v) is 4.31. The lowest BCUT2D eigenvalue weighted by Crippen LogP contribution is -2.31. The number of rotatable bonds is 3. The van der Waals surface area contributed by atoms with E-state index in [9.17, 15) is 4.79 Å². The molecule has 0 amide bonds. The summed E-state index contributed by atoms with van der Waals surface area (Å²) in [5.41, 5.74) is 3.45. The van der Waals surface area contributed by atoms with Crippen LogP contribution >= 0.6 is 0 Å². The molecule has 0 radical (unpaired) electrons. The molecule has 0 aliphatic heterocycles.